The molecule has 1 heterocycles. The van der Waals surface area contributed by atoms with Gasteiger partial charge in [-0.25, -0.2) is 4.98 Å². The van der Waals surface area contributed by atoms with Crippen molar-refractivity contribution in [3.63, 3.8) is 0 Å². The fourth-order valence-corrected chi connectivity index (χ4v) is 1.81. The Balaban J connectivity index is 1.98. The van der Waals surface area contributed by atoms with E-state index < -0.39 is 6.10 Å². The lowest BCUT2D eigenvalue weighted by atomic mass is 10.3. The number of halogens is 1. The Morgan fingerprint density at radius 3 is 2.85 bits per heavy atom. The van der Waals surface area contributed by atoms with Gasteiger partial charge in [-0.3, -0.25) is 4.79 Å². The van der Waals surface area contributed by atoms with E-state index in [2.05, 4.69) is 10.3 Å². The lowest BCUT2D eigenvalue weighted by Crippen LogP contribution is -2.30. The standard InChI is InChI=1S/C15H15ClN2O2/c1-10-6-7-17-14(8-10)18-15(19)11(2)20-13-5-3-4-12(16)9-13/h3-9,11H,1-2H3,(H,17,18,19). The highest BCUT2D eigenvalue weighted by Crippen LogP contribution is 2.18. The molecule has 0 radical (unpaired) electrons. The van der Waals surface area contributed by atoms with E-state index in [1.54, 1.807) is 43.5 Å². The third-order valence-corrected chi connectivity index (χ3v) is 2.88. The van der Waals surface area contributed by atoms with Gasteiger partial charge >= 0.3 is 0 Å². The van der Waals surface area contributed by atoms with E-state index in [4.69, 9.17) is 16.3 Å². The summed E-state index contributed by atoms with van der Waals surface area (Å²) in [5, 5.41) is 3.27. The first-order chi connectivity index (χ1) is 9.54. The molecule has 1 unspecified atom stereocenters. The number of aromatic nitrogens is 1. The van der Waals surface area contributed by atoms with Crippen molar-refractivity contribution in [2.24, 2.45) is 0 Å². The maximum absolute atomic E-state index is 12.0. The molecule has 1 amide bonds. The minimum atomic E-state index is -0.643. The van der Waals surface area contributed by atoms with Gasteiger partial charge in [0, 0.05) is 11.2 Å². The van der Waals surface area contributed by atoms with Crippen LogP contribution in [0.4, 0.5) is 5.82 Å². The van der Waals surface area contributed by atoms with Gasteiger partial charge < -0.3 is 10.1 Å². The van der Waals surface area contributed by atoms with Crippen molar-refractivity contribution >= 4 is 23.3 Å². The Morgan fingerprint density at radius 1 is 1.35 bits per heavy atom. The van der Waals surface area contributed by atoms with Crippen LogP contribution in [-0.2, 0) is 4.79 Å². The maximum Gasteiger partial charge on any atom is 0.266 e. The van der Waals surface area contributed by atoms with Crippen LogP contribution in [0.1, 0.15) is 12.5 Å². The molecule has 0 saturated carbocycles. The van der Waals surface area contributed by atoms with Crippen molar-refractivity contribution in [2.45, 2.75) is 20.0 Å². The summed E-state index contributed by atoms with van der Waals surface area (Å²) in [5.74, 6) is 0.803. The molecule has 0 aliphatic heterocycles. The van der Waals surface area contributed by atoms with E-state index in [0.717, 1.165) is 5.56 Å². The average Bonchev–Trinajstić information content (AvgIpc) is 2.38. The van der Waals surface area contributed by atoms with E-state index in [1.165, 1.54) is 0 Å². The predicted octanol–water partition coefficient (Wildman–Crippen LogP) is 3.45. The van der Waals surface area contributed by atoms with E-state index in [-0.39, 0.29) is 5.91 Å². The summed E-state index contributed by atoms with van der Waals surface area (Å²) in [6, 6.07) is 10.6. The summed E-state index contributed by atoms with van der Waals surface area (Å²) < 4.78 is 5.54. The van der Waals surface area contributed by atoms with Crippen LogP contribution in [0.15, 0.2) is 42.6 Å². The number of nitrogens with zero attached hydrogens (tertiary/aromatic N) is 1. The summed E-state index contributed by atoms with van der Waals surface area (Å²) in [4.78, 5) is 16.1. The lowest BCUT2D eigenvalue weighted by molar-refractivity contribution is -0.122. The lowest BCUT2D eigenvalue weighted by Gasteiger charge is -2.14. The highest BCUT2D eigenvalue weighted by atomic mass is 35.5. The largest absolute Gasteiger partial charge is 0.481 e. The minimum absolute atomic E-state index is 0.261. The predicted molar refractivity (Wildman–Crippen MR) is 79.1 cm³/mol. The van der Waals surface area contributed by atoms with Gasteiger partial charge in [-0.1, -0.05) is 17.7 Å². The number of amides is 1. The van der Waals surface area contributed by atoms with Gasteiger partial charge in [0.1, 0.15) is 11.6 Å². The Morgan fingerprint density at radius 2 is 2.15 bits per heavy atom. The minimum Gasteiger partial charge on any atom is -0.481 e. The summed E-state index contributed by atoms with van der Waals surface area (Å²) >= 11 is 5.86. The van der Waals surface area contributed by atoms with Crippen molar-refractivity contribution < 1.29 is 9.53 Å². The van der Waals surface area contributed by atoms with E-state index in [9.17, 15) is 4.79 Å². The first-order valence-corrected chi connectivity index (χ1v) is 6.58. The molecule has 2 aromatic rings. The number of pyridine rings is 1. The van der Waals surface area contributed by atoms with Gasteiger partial charge in [0.2, 0.25) is 0 Å². The van der Waals surface area contributed by atoms with Crippen molar-refractivity contribution in [1.82, 2.24) is 4.98 Å². The van der Waals surface area contributed by atoms with Crippen molar-refractivity contribution in [3.8, 4) is 5.75 Å². The summed E-state index contributed by atoms with van der Waals surface area (Å²) in [5.41, 5.74) is 1.03. The van der Waals surface area contributed by atoms with Gasteiger partial charge in [0.15, 0.2) is 6.10 Å². The molecule has 2 rings (SSSR count). The number of benzene rings is 1. The molecule has 0 bridgehead atoms. The average molecular weight is 291 g/mol. The second kappa shape index (κ2) is 6.39. The highest BCUT2D eigenvalue weighted by Gasteiger charge is 2.15. The topological polar surface area (TPSA) is 51.2 Å². The SMILES string of the molecule is Cc1ccnc(NC(=O)C(C)Oc2cccc(Cl)c2)c1. The quantitative estimate of drug-likeness (QED) is 0.938. The molecule has 20 heavy (non-hydrogen) atoms. The zero-order valence-corrected chi connectivity index (χ0v) is 12.0. The number of rotatable bonds is 4. The fraction of sp³-hybridized carbons (Fsp3) is 0.200. The monoisotopic (exact) mass is 290 g/mol. The van der Waals surface area contributed by atoms with Gasteiger partial charge in [-0.15, -0.1) is 0 Å². The van der Waals surface area contributed by atoms with Crippen LogP contribution in [0.5, 0.6) is 5.75 Å². The van der Waals surface area contributed by atoms with Gasteiger partial charge in [-0.05, 0) is 49.7 Å². The zero-order chi connectivity index (χ0) is 14.5. The molecule has 104 valence electrons. The van der Waals surface area contributed by atoms with Crippen LogP contribution in [-0.4, -0.2) is 17.0 Å². The van der Waals surface area contributed by atoms with Crippen LogP contribution < -0.4 is 10.1 Å². The smallest absolute Gasteiger partial charge is 0.266 e. The molecule has 0 aliphatic rings. The molecular weight excluding hydrogens is 276 g/mol. The molecule has 1 atom stereocenters. The van der Waals surface area contributed by atoms with Gasteiger partial charge in [0.25, 0.3) is 5.91 Å². The molecule has 1 aromatic heterocycles. The first-order valence-electron chi connectivity index (χ1n) is 6.20. The van der Waals surface area contributed by atoms with Crippen LogP contribution >= 0.6 is 11.6 Å². The molecule has 0 aliphatic carbocycles. The van der Waals surface area contributed by atoms with Gasteiger partial charge in [-0.2, -0.15) is 0 Å². The normalized spacial score (nSPS) is 11.8. The number of hydrogen-bond donors (Lipinski definition) is 1. The molecule has 0 spiro atoms. The molecule has 1 N–H and O–H groups in total. The summed E-state index contributed by atoms with van der Waals surface area (Å²) in [6.07, 6.45) is 1.00. The molecule has 0 saturated heterocycles. The highest BCUT2D eigenvalue weighted by molar-refractivity contribution is 6.30. The fourth-order valence-electron chi connectivity index (χ4n) is 1.63. The first kappa shape index (κ1) is 14.3. The number of hydrogen-bond acceptors (Lipinski definition) is 3. The maximum atomic E-state index is 12.0. The molecule has 1 aromatic carbocycles. The van der Waals surface area contributed by atoms with Crippen LogP contribution in [0.2, 0.25) is 5.02 Å². The zero-order valence-electron chi connectivity index (χ0n) is 11.3. The van der Waals surface area contributed by atoms with Crippen LogP contribution in [0, 0.1) is 6.92 Å². The second-order valence-electron chi connectivity index (χ2n) is 4.43. The number of aryl methyl sites for hydroxylation is 1. The van der Waals surface area contributed by atoms with E-state index in [1.807, 2.05) is 13.0 Å². The third kappa shape index (κ3) is 3.96. The Kier molecular flexibility index (Phi) is 4.58. The van der Waals surface area contributed by atoms with E-state index in [0.29, 0.717) is 16.6 Å². The number of nitrogens with one attached hydrogen (secondary N) is 1. The molecule has 4 nitrogen and oxygen atoms in total. The van der Waals surface area contributed by atoms with Crippen LogP contribution in [0.3, 0.4) is 0 Å². The van der Waals surface area contributed by atoms with Gasteiger partial charge in [0.05, 0.1) is 0 Å². The Hall–Kier alpha value is -2.07. The second-order valence-corrected chi connectivity index (χ2v) is 4.86. The molecule has 5 heteroatoms. The Bertz CT molecular complexity index is 616. The number of carbonyl (C=O) groups excluding carboxylic acids is 1. The summed E-state index contributed by atoms with van der Waals surface area (Å²) in [6.45, 7) is 3.61. The Labute approximate surface area is 122 Å². The summed E-state index contributed by atoms with van der Waals surface area (Å²) in [7, 11) is 0. The van der Waals surface area contributed by atoms with Crippen LogP contribution in [0.25, 0.3) is 0 Å². The number of carbonyl (C=O) groups is 1. The third-order valence-electron chi connectivity index (χ3n) is 2.64. The molecule has 0 fully saturated rings. The van der Waals surface area contributed by atoms with Crippen molar-refractivity contribution in [3.05, 3.63) is 53.2 Å². The van der Waals surface area contributed by atoms with E-state index >= 15 is 0 Å². The number of ether oxygens (including phenoxy) is 1. The number of anilines is 1. The van der Waals surface area contributed by atoms with Crippen molar-refractivity contribution in [2.75, 3.05) is 5.32 Å². The van der Waals surface area contributed by atoms with Crippen molar-refractivity contribution in [1.29, 1.82) is 0 Å². The molecular formula is C15H15ClN2O2.